The highest BCUT2D eigenvalue weighted by Gasteiger charge is 2.43. The number of amides is 2. The van der Waals surface area contributed by atoms with Crippen molar-refractivity contribution in [1.82, 2.24) is 5.32 Å². The van der Waals surface area contributed by atoms with Gasteiger partial charge in [-0.1, -0.05) is 77.2 Å². The number of ether oxygens (including phenoxy) is 6. The van der Waals surface area contributed by atoms with Crippen LogP contribution in [0.15, 0.2) is 82.4 Å². The minimum Gasteiger partial charge on any atom is -0.492 e. The lowest BCUT2D eigenvalue weighted by Crippen LogP contribution is -2.43. The van der Waals surface area contributed by atoms with Gasteiger partial charge in [0.05, 0.1) is 43.0 Å². The van der Waals surface area contributed by atoms with E-state index in [-0.39, 0.29) is 71.4 Å². The Morgan fingerprint density at radius 1 is 0.886 bits per heavy atom. The fraction of sp³-hybridized carbons (Fsp3) is 0.630. The van der Waals surface area contributed by atoms with Crippen LogP contribution in [0.3, 0.4) is 0 Å². The standard InChI is InChI=1S/C29H40N2O9.C25H38O5/c1-15-11-19-25(34)20(14-21(32)27(19)39-7)31-28(35)16(2)9-8-10-22(37-5)26(40-29(30)36)18(4)13-17(3)24(33)23(12-15)38-6;1-6-25(4,5)24(28)30-21-12-15(2)11-17-8-7-16(3)20(23(17)21)10-9-19-13-18(26)14-22(27)29-19/h8-10,13-15,17,22-24,26,33H,11-12H2,1-7H3,(H2,30,36)(H,31,35);7-8,11,15-16,18-21,23,26H,6,9-10,12-14H2,1-5H3/b10-8-,16-9+,18-13+;/t15-,17+,22+,23+,24-,26+;15-,16-,18+,19+,20-,21-,23-/m10/s1. The summed E-state index contributed by atoms with van der Waals surface area (Å²) < 4.78 is 33.4. The van der Waals surface area contributed by atoms with Crippen LogP contribution in [-0.2, 0) is 52.4 Å². The minimum atomic E-state index is -1.00. The van der Waals surface area contributed by atoms with E-state index in [2.05, 4.69) is 37.4 Å². The van der Waals surface area contributed by atoms with Crippen LogP contribution in [0.25, 0.3) is 0 Å². The molecular weight excluding hydrogens is 901 g/mol. The van der Waals surface area contributed by atoms with E-state index in [0.29, 0.717) is 36.2 Å². The Morgan fingerprint density at radius 3 is 2.20 bits per heavy atom. The van der Waals surface area contributed by atoms with Crippen LogP contribution < -0.4 is 11.1 Å². The van der Waals surface area contributed by atoms with E-state index < -0.39 is 65.4 Å². The molecule has 1 fully saturated rings. The number of esters is 2. The van der Waals surface area contributed by atoms with Gasteiger partial charge in [0.15, 0.2) is 11.9 Å². The molecule has 0 unspecified atom stereocenters. The van der Waals surface area contributed by atoms with Gasteiger partial charge in [-0.05, 0) is 101 Å². The van der Waals surface area contributed by atoms with Gasteiger partial charge in [0.25, 0.3) is 5.91 Å². The zero-order valence-electron chi connectivity index (χ0n) is 43.2. The molecule has 2 bridgehead atoms. The van der Waals surface area contributed by atoms with Crippen molar-refractivity contribution in [3.63, 3.8) is 0 Å². The van der Waals surface area contributed by atoms with Gasteiger partial charge in [0.2, 0.25) is 11.6 Å². The third-order valence-corrected chi connectivity index (χ3v) is 14.3. The summed E-state index contributed by atoms with van der Waals surface area (Å²) in [5, 5.41) is 23.6. The molecule has 5 aliphatic rings. The van der Waals surface area contributed by atoms with Gasteiger partial charge in [0.1, 0.15) is 18.3 Å². The van der Waals surface area contributed by atoms with Gasteiger partial charge >= 0.3 is 18.0 Å². The van der Waals surface area contributed by atoms with Crippen molar-refractivity contribution in [2.45, 2.75) is 156 Å². The molecule has 0 radical (unpaired) electrons. The summed E-state index contributed by atoms with van der Waals surface area (Å²) in [6.45, 7) is 17.2. The monoisotopic (exact) mass is 979 g/mol. The summed E-state index contributed by atoms with van der Waals surface area (Å²) >= 11 is 0. The zero-order valence-corrected chi connectivity index (χ0v) is 43.2. The molecule has 0 aromatic rings. The molecular formula is C54H78N2O14. The lowest BCUT2D eigenvalue weighted by atomic mass is 9.65. The molecule has 0 aromatic carbocycles. The number of fused-ring (bicyclic) bond motifs is 3. The summed E-state index contributed by atoms with van der Waals surface area (Å²) in [5.41, 5.74) is 6.91. The van der Waals surface area contributed by atoms with E-state index in [4.69, 9.17) is 34.2 Å². The fourth-order valence-corrected chi connectivity index (χ4v) is 9.86. The zero-order chi connectivity index (χ0) is 52.2. The Balaban J connectivity index is 0.000000316. The smallest absolute Gasteiger partial charge is 0.405 e. The van der Waals surface area contributed by atoms with Gasteiger partial charge in [-0.15, -0.1) is 0 Å². The number of hydrogen-bond donors (Lipinski definition) is 4. The number of allylic oxidation sites excluding steroid dienone is 7. The van der Waals surface area contributed by atoms with E-state index in [1.165, 1.54) is 39.9 Å². The Morgan fingerprint density at radius 2 is 1.59 bits per heavy atom. The van der Waals surface area contributed by atoms with Crippen LogP contribution in [-0.4, -0.2) is 110 Å². The number of cyclic esters (lactones) is 1. The van der Waals surface area contributed by atoms with Gasteiger partial charge in [-0.2, -0.15) is 0 Å². The molecule has 388 valence electrons. The van der Waals surface area contributed by atoms with Crippen molar-refractivity contribution in [3.05, 3.63) is 82.4 Å². The maximum Gasteiger partial charge on any atom is 0.405 e. The fourth-order valence-electron chi connectivity index (χ4n) is 9.86. The molecule has 1 saturated heterocycles. The second-order valence-electron chi connectivity index (χ2n) is 20.3. The Hall–Kier alpha value is -5.16. The van der Waals surface area contributed by atoms with E-state index in [9.17, 15) is 39.0 Å². The molecule has 0 spiro atoms. The number of primary amides is 1. The summed E-state index contributed by atoms with van der Waals surface area (Å²) in [6, 6.07) is 0. The molecule has 3 aliphatic carbocycles. The predicted octanol–water partition coefficient (Wildman–Crippen LogP) is 6.99. The number of hydrogen-bond acceptors (Lipinski definition) is 14. The third-order valence-electron chi connectivity index (χ3n) is 14.3. The molecule has 13 atom stereocenters. The largest absolute Gasteiger partial charge is 0.492 e. The van der Waals surface area contributed by atoms with Gasteiger partial charge < -0.3 is 49.7 Å². The summed E-state index contributed by atoms with van der Waals surface area (Å²) in [5.74, 6) is -1.61. The van der Waals surface area contributed by atoms with Crippen LogP contribution in [0.4, 0.5) is 4.79 Å². The molecule has 5 N–H and O–H groups in total. The number of ketones is 2. The van der Waals surface area contributed by atoms with Gasteiger partial charge in [0, 0.05) is 49.7 Å². The van der Waals surface area contributed by atoms with E-state index >= 15 is 0 Å². The third kappa shape index (κ3) is 15.2. The molecule has 70 heavy (non-hydrogen) atoms. The predicted molar refractivity (Wildman–Crippen MR) is 262 cm³/mol. The summed E-state index contributed by atoms with van der Waals surface area (Å²) in [7, 11) is 4.21. The second kappa shape index (κ2) is 25.8. The number of carbonyl (C=O) groups excluding carboxylic acids is 6. The number of carbonyl (C=O) groups is 6. The summed E-state index contributed by atoms with van der Waals surface area (Å²) in [4.78, 5) is 75.2. The van der Waals surface area contributed by atoms with Crippen LogP contribution >= 0.6 is 0 Å². The highest BCUT2D eigenvalue weighted by molar-refractivity contribution is 6.23. The first-order valence-corrected chi connectivity index (χ1v) is 24.6. The second-order valence-corrected chi connectivity index (χ2v) is 20.3. The minimum absolute atomic E-state index is 0.0801. The SMILES string of the molecule is CCC(C)(C)C(=O)O[C@H]1C[C@@H](C)C=C2C=C[C@H](C)[C@H](CC[C@@H]3C[C@@H](O)CC(=O)O3)[C@H]21.COC1=C2C[C@@H](C)C[C@H](OC)[C@H](O)[C@@H](C)/C=C(\C)[C@H](OC(N)=O)[C@@H](OC)/C=C\C=C(/C)C(=O)NC(=CC1=O)C2=O. The Labute approximate surface area is 413 Å². The Kier molecular flexibility index (Phi) is 21.2. The van der Waals surface area contributed by atoms with Gasteiger partial charge in [-0.3, -0.25) is 24.0 Å². The number of nitrogens with two attached hydrogens (primary N) is 1. The molecule has 2 heterocycles. The first-order chi connectivity index (χ1) is 32.9. The first-order valence-electron chi connectivity index (χ1n) is 24.6. The van der Waals surface area contributed by atoms with Crippen molar-refractivity contribution in [2.75, 3.05) is 21.3 Å². The number of methoxy groups -OCH3 is 3. The number of nitrogens with one attached hydrogen (secondary N) is 1. The van der Waals surface area contributed by atoms with Crippen LogP contribution in [0.2, 0.25) is 0 Å². The van der Waals surface area contributed by atoms with Crippen molar-refractivity contribution in [1.29, 1.82) is 0 Å². The van der Waals surface area contributed by atoms with Gasteiger partial charge in [-0.25, -0.2) is 4.79 Å². The van der Waals surface area contributed by atoms with Crippen LogP contribution in [0, 0.1) is 40.9 Å². The highest BCUT2D eigenvalue weighted by atomic mass is 16.6. The average Bonchev–Trinajstić information content (AvgIpc) is 3.29. The molecule has 2 amide bonds. The van der Waals surface area contributed by atoms with E-state index in [1.54, 1.807) is 32.1 Å². The lowest BCUT2D eigenvalue weighted by molar-refractivity contribution is -0.166. The van der Waals surface area contributed by atoms with Crippen molar-refractivity contribution in [2.24, 2.45) is 46.7 Å². The van der Waals surface area contributed by atoms with Crippen LogP contribution in [0.5, 0.6) is 0 Å². The lowest BCUT2D eigenvalue weighted by Gasteiger charge is -2.44. The normalized spacial score (nSPS) is 34.3. The number of rotatable bonds is 10. The van der Waals surface area contributed by atoms with E-state index in [1.807, 2.05) is 27.7 Å². The topological polar surface area (TPSA) is 236 Å². The van der Waals surface area contributed by atoms with Crippen molar-refractivity contribution < 1.29 is 67.4 Å². The average molecular weight is 979 g/mol. The Bertz CT molecular complexity index is 2150. The summed E-state index contributed by atoms with van der Waals surface area (Å²) in [6.07, 6.45) is 13.2. The molecule has 0 aromatic heterocycles. The first kappa shape index (κ1) is 57.4. The molecule has 5 rings (SSSR count). The number of aliphatic hydroxyl groups is 2. The maximum atomic E-state index is 13.3. The number of aliphatic hydroxyl groups excluding tert-OH is 2. The van der Waals surface area contributed by atoms with Crippen molar-refractivity contribution >= 4 is 35.5 Å². The molecule has 0 saturated carbocycles. The quantitative estimate of drug-likeness (QED) is 0.0747. The van der Waals surface area contributed by atoms with Crippen molar-refractivity contribution in [3.8, 4) is 0 Å². The maximum absolute atomic E-state index is 13.3. The van der Waals surface area contributed by atoms with Crippen LogP contribution in [0.1, 0.15) is 114 Å². The molecule has 16 nitrogen and oxygen atoms in total. The number of Topliss-reactive ketones (excluding diaryl/α,β-unsaturated/α-hetero) is 1. The molecule has 2 aliphatic heterocycles. The van der Waals surface area contributed by atoms with E-state index in [0.717, 1.165) is 31.8 Å². The molecule has 16 heteroatoms. The highest BCUT2D eigenvalue weighted by Crippen LogP contribution is 2.46.